The van der Waals surface area contributed by atoms with Crippen molar-refractivity contribution in [2.24, 2.45) is 0 Å². The molecule has 4 aromatic rings. The van der Waals surface area contributed by atoms with Gasteiger partial charge in [0.15, 0.2) is 6.04 Å². The number of benzene rings is 1. The summed E-state index contributed by atoms with van der Waals surface area (Å²) in [5, 5.41) is 26.3. The number of carboxylic acids is 2. The number of aryl methyl sites for hydroxylation is 1. The van der Waals surface area contributed by atoms with Crippen LogP contribution in [0.5, 0.6) is 5.88 Å². The fourth-order valence-electron chi connectivity index (χ4n) is 4.47. The number of rotatable bonds is 14. The SMILES string of the molecule is CC(C)(C)c1[nH]cnc1/C=c1\[nH]c(=O)/c(=C/c2ccccc2)nc1OCOC(=O)CCCc1cn([C@@H](CCC(=O)O)C(=O)O)nn1. The minimum atomic E-state index is -1.22. The average Bonchev–Trinajstić information content (AvgIpc) is 3.66. The number of aromatic nitrogens is 7. The van der Waals surface area contributed by atoms with Crippen LogP contribution in [0.4, 0.5) is 0 Å². The lowest BCUT2D eigenvalue weighted by atomic mass is 9.90. The van der Waals surface area contributed by atoms with Gasteiger partial charge in [0, 0.05) is 30.1 Å². The lowest BCUT2D eigenvalue weighted by Gasteiger charge is -2.17. The highest BCUT2D eigenvalue weighted by atomic mass is 16.7. The maximum absolute atomic E-state index is 13.0. The van der Waals surface area contributed by atoms with Gasteiger partial charge in [-0.2, -0.15) is 0 Å². The molecule has 1 aromatic carbocycles. The van der Waals surface area contributed by atoms with Gasteiger partial charge in [-0.15, -0.1) is 5.10 Å². The largest absolute Gasteiger partial charge is 0.481 e. The maximum Gasteiger partial charge on any atom is 0.328 e. The van der Waals surface area contributed by atoms with Gasteiger partial charge in [0.2, 0.25) is 12.7 Å². The minimum absolute atomic E-state index is 0.00484. The monoisotopic (exact) mass is 633 g/mol. The van der Waals surface area contributed by atoms with Crippen LogP contribution in [-0.4, -0.2) is 69.8 Å². The molecular weight excluding hydrogens is 598 g/mol. The fraction of sp³-hybridized carbons (Fsp3) is 0.355. The molecule has 3 heterocycles. The molecule has 242 valence electrons. The summed E-state index contributed by atoms with van der Waals surface area (Å²) in [7, 11) is 0. The highest BCUT2D eigenvalue weighted by Gasteiger charge is 2.23. The molecule has 0 saturated heterocycles. The number of imidazole rings is 1. The number of hydrogen-bond acceptors (Lipinski definition) is 10. The van der Waals surface area contributed by atoms with Gasteiger partial charge in [0.25, 0.3) is 5.56 Å². The van der Waals surface area contributed by atoms with Crippen LogP contribution >= 0.6 is 0 Å². The van der Waals surface area contributed by atoms with E-state index in [4.69, 9.17) is 14.6 Å². The maximum atomic E-state index is 13.0. The highest BCUT2D eigenvalue weighted by molar-refractivity contribution is 5.73. The number of carboxylic acid groups (broad SMARTS) is 2. The normalized spacial score (nSPS) is 13.0. The fourth-order valence-corrected chi connectivity index (χ4v) is 4.47. The van der Waals surface area contributed by atoms with E-state index in [0.717, 1.165) is 15.9 Å². The summed E-state index contributed by atoms with van der Waals surface area (Å²) in [6.45, 7) is 5.58. The van der Waals surface area contributed by atoms with Gasteiger partial charge < -0.3 is 29.7 Å². The third-order valence-electron chi connectivity index (χ3n) is 6.76. The van der Waals surface area contributed by atoms with Crippen LogP contribution in [0.25, 0.3) is 12.2 Å². The standard InChI is InChI=1S/C31H35N7O8/c1-31(2,3)27-21(32-17-33-27)15-23-29(35-22(28(42)34-23)14-19-8-5-4-6-9-19)46-18-45-26(41)11-7-10-20-16-38(37-36-20)24(30(43)44)12-13-25(39)40/h4-6,8-9,14-17,24H,7,10-13,18H2,1-3H3,(H,32,33)(H,34,42)(H,39,40)(H,43,44)/b22-14-,23-15-/t24-/m0/s1. The zero-order valence-corrected chi connectivity index (χ0v) is 25.6. The van der Waals surface area contributed by atoms with Crippen LogP contribution in [0.3, 0.4) is 0 Å². The van der Waals surface area contributed by atoms with Crippen molar-refractivity contribution >= 4 is 30.1 Å². The summed E-state index contributed by atoms with van der Waals surface area (Å²) in [5.41, 5.74) is 1.92. The van der Waals surface area contributed by atoms with Crippen molar-refractivity contribution in [2.45, 2.75) is 64.3 Å². The molecule has 0 saturated carbocycles. The second-order valence-corrected chi connectivity index (χ2v) is 11.4. The molecule has 46 heavy (non-hydrogen) atoms. The second kappa shape index (κ2) is 14.9. The number of hydrogen-bond donors (Lipinski definition) is 4. The molecule has 0 radical (unpaired) electrons. The van der Waals surface area contributed by atoms with Gasteiger partial charge in [-0.1, -0.05) is 56.3 Å². The van der Waals surface area contributed by atoms with E-state index >= 15 is 0 Å². The second-order valence-electron chi connectivity index (χ2n) is 11.4. The molecule has 1 atom stereocenters. The van der Waals surface area contributed by atoms with E-state index in [-0.39, 0.29) is 41.3 Å². The molecule has 0 aliphatic carbocycles. The molecule has 0 bridgehead atoms. The van der Waals surface area contributed by atoms with Crippen molar-refractivity contribution in [1.82, 2.24) is 34.9 Å². The number of carbonyl (C=O) groups is 3. The molecule has 0 unspecified atom stereocenters. The first-order valence-electron chi connectivity index (χ1n) is 14.5. The third-order valence-corrected chi connectivity index (χ3v) is 6.76. The Morgan fingerprint density at radius 1 is 1.09 bits per heavy atom. The molecule has 4 N–H and O–H groups in total. The van der Waals surface area contributed by atoms with Crippen LogP contribution in [0.15, 0.2) is 47.7 Å². The number of aromatic amines is 2. The average molecular weight is 634 g/mol. The van der Waals surface area contributed by atoms with Crippen LogP contribution in [-0.2, 0) is 31.0 Å². The minimum Gasteiger partial charge on any atom is -0.481 e. The summed E-state index contributed by atoms with van der Waals surface area (Å²) in [6, 6.07) is 8.02. The Balaban J connectivity index is 1.43. The van der Waals surface area contributed by atoms with Crippen molar-refractivity contribution in [1.29, 1.82) is 0 Å². The lowest BCUT2D eigenvalue weighted by molar-refractivity contribution is -0.150. The Hall–Kier alpha value is -5.60. The van der Waals surface area contributed by atoms with E-state index in [0.29, 0.717) is 24.2 Å². The molecular formula is C31H35N7O8. The Bertz CT molecular complexity index is 1860. The van der Waals surface area contributed by atoms with Crippen molar-refractivity contribution in [3.05, 3.63) is 86.6 Å². The summed E-state index contributed by atoms with van der Waals surface area (Å²) in [5.74, 6) is -2.86. The van der Waals surface area contributed by atoms with Crippen LogP contribution < -0.4 is 21.0 Å². The van der Waals surface area contributed by atoms with Gasteiger partial charge in [0.05, 0.1) is 17.7 Å². The highest BCUT2D eigenvalue weighted by Crippen LogP contribution is 2.23. The molecule has 0 amide bonds. The van der Waals surface area contributed by atoms with Crippen molar-refractivity contribution in [3.8, 4) is 5.88 Å². The van der Waals surface area contributed by atoms with E-state index in [1.807, 2.05) is 51.1 Å². The van der Waals surface area contributed by atoms with E-state index in [2.05, 4.69) is 30.2 Å². The van der Waals surface area contributed by atoms with E-state index in [9.17, 15) is 24.3 Å². The van der Waals surface area contributed by atoms with Gasteiger partial charge in [-0.05, 0) is 37.0 Å². The molecule has 15 heteroatoms. The number of H-pyrrole nitrogens is 2. The van der Waals surface area contributed by atoms with E-state index < -0.39 is 36.3 Å². The van der Waals surface area contributed by atoms with Gasteiger partial charge >= 0.3 is 17.9 Å². The first-order valence-corrected chi connectivity index (χ1v) is 14.5. The van der Waals surface area contributed by atoms with Gasteiger partial charge in [-0.3, -0.25) is 14.4 Å². The van der Waals surface area contributed by atoms with Crippen LogP contribution in [0.2, 0.25) is 0 Å². The Kier molecular flexibility index (Phi) is 10.8. The third kappa shape index (κ3) is 9.20. The first-order chi connectivity index (χ1) is 21.9. The first kappa shape index (κ1) is 33.3. The van der Waals surface area contributed by atoms with E-state index in [1.54, 1.807) is 18.5 Å². The summed E-state index contributed by atoms with van der Waals surface area (Å²) in [6.07, 6.45) is 6.38. The van der Waals surface area contributed by atoms with Crippen LogP contribution in [0, 0.1) is 0 Å². The number of nitrogens with one attached hydrogen (secondary N) is 2. The lowest BCUT2D eigenvalue weighted by Crippen LogP contribution is -2.38. The van der Waals surface area contributed by atoms with Crippen molar-refractivity contribution < 1.29 is 34.1 Å². The molecule has 0 aliphatic heterocycles. The molecule has 3 aromatic heterocycles. The molecule has 0 spiro atoms. The van der Waals surface area contributed by atoms with Gasteiger partial charge in [-0.25, -0.2) is 19.4 Å². The van der Waals surface area contributed by atoms with Gasteiger partial charge in [0.1, 0.15) is 10.7 Å². The smallest absolute Gasteiger partial charge is 0.328 e. The van der Waals surface area contributed by atoms with Crippen LogP contribution in [0.1, 0.15) is 75.1 Å². The zero-order valence-electron chi connectivity index (χ0n) is 25.6. The zero-order chi connectivity index (χ0) is 33.3. The number of esters is 1. The summed E-state index contributed by atoms with van der Waals surface area (Å²) in [4.78, 5) is 62.5. The Morgan fingerprint density at radius 3 is 2.54 bits per heavy atom. The quantitative estimate of drug-likeness (QED) is 0.115. The van der Waals surface area contributed by atoms with Crippen molar-refractivity contribution in [2.75, 3.05) is 6.79 Å². The summed E-state index contributed by atoms with van der Waals surface area (Å²) >= 11 is 0. The predicted molar refractivity (Wildman–Crippen MR) is 163 cm³/mol. The summed E-state index contributed by atoms with van der Waals surface area (Å²) < 4.78 is 12.1. The Labute approximate surface area is 262 Å². The van der Waals surface area contributed by atoms with Crippen molar-refractivity contribution in [3.63, 3.8) is 0 Å². The topological polar surface area (TPSA) is 215 Å². The van der Waals surface area contributed by atoms with E-state index in [1.165, 1.54) is 6.20 Å². The number of aliphatic carboxylic acids is 2. The molecule has 15 nitrogen and oxygen atoms in total. The molecule has 4 rings (SSSR count). The number of nitrogens with zero attached hydrogens (tertiary/aromatic N) is 5. The Morgan fingerprint density at radius 2 is 1.85 bits per heavy atom. The number of carbonyl (C=O) groups excluding carboxylic acids is 1. The number of ether oxygens (including phenoxy) is 2. The molecule has 0 fully saturated rings. The predicted octanol–water partition coefficient (Wildman–Crippen LogP) is 1.43. The molecule has 0 aliphatic rings.